The van der Waals surface area contributed by atoms with Gasteiger partial charge in [-0.1, -0.05) is 260 Å². The number of unbranched alkanes of at least 4 members (excludes halogenated alkanes) is 26. The largest absolute Gasteiger partial charge is 0.462 e. The van der Waals surface area contributed by atoms with Crippen molar-refractivity contribution in [1.29, 1.82) is 0 Å². The van der Waals surface area contributed by atoms with E-state index in [0.29, 0.717) is 19.3 Å². The number of ether oxygens (including phenoxy) is 3. The van der Waals surface area contributed by atoms with Crippen LogP contribution in [0.15, 0.2) is 85.1 Å². The van der Waals surface area contributed by atoms with E-state index >= 15 is 0 Å². The molecule has 0 amide bonds. The van der Waals surface area contributed by atoms with Gasteiger partial charge in [-0.15, -0.1) is 0 Å². The molecular weight excluding hydrogens is 841 g/mol. The summed E-state index contributed by atoms with van der Waals surface area (Å²) in [5.74, 6) is -0.904. The average molecular weight is 948 g/mol. The minimum atomic E-state index is -0.779. The maximum Gasteiger partial charge on any atom is 0.306 e. The number of carbonyl (C=O) groups is 3. The number of hydrogen-bond acceptors (Lipinski definition) is 6. The second kappa shape index (κ2) is 56.2. The van der Waals surface area contributed by atoms with Gasteiger partial charge in [-0.2, -0.15) is 0 Å². The summed E-state index contributed by atoms with van der Waals surface area (Å²) in [6.45, 7) is 6.46. The first-order valence-corrected chi connectivity index (χ1v) is 28.6. The van der Waals surface area contributed by atoms with Crippen molar-refractivity contribution in [1.82, 2.24) is 0 Å². The lowest BCUT2D eigenvalue weighted by molar-refractivity contribution is -0.167. The van der Waals surface area contributed by atoms with Crippen LogP contribution in [0, 0.1) is 0 Å². The standard InChI is InChI=1S/C62H106O6/c1-4-7-10-13-16-18-20-22-24-26-27-28-29-30-31-32-33-34-35-37-38-40-42-44-46-49-52-55-61(64)67-58-59(57-66-60(63)54-51-48-15-12-9-6-3)68-62(65)56-53-50-47-45-43-41-39-36-25-23-21-19-17-14-11-8-5-2/h7,10,16,18,22,24,27-28,30-31,33-34,37-38,59H,4-6,8-9,11-15,17,19-21,23,25-26,29,32,35-36,39-58H2,1-3H3/b10-7-,18-16-,24-22-,28-27-,31-30-,34-33-,38-37-. The molecule has 0 aromatic rings. The molecule has 1 atom stereocenters. The lowest BCUT2D eigenvalue weighted by atomic mass is 10.0. The Balaban J connectivity index is 4.19. The molecule has 6 nitrogen and oxygen atoms in total. The lowest BCUT2D eigenvalue weighted by Gasteiger charge is -2.18. The number of allylic oxidation sites excluding steroid dienone is 14. The molecule has 0 saturated heterocycles. The van der Waals surface area contributed by atoms with Crippen molar-refractivity contribution in [2.45, 2.75) is 277 Å². The molecule has 1 unspecified atom stereocenters. The second-order valence-electron chi connectivity index (χ2n) is 18.8. The van der Waals surface area contributed by atoms with Crippen LogP contribution < -0.4 is 0 Å². The van der Waals surface area contributed by atoms with Gasteiger partial charge in [0.2, 0.25) is 0 Å². The second-order valence-corrected chi connectivity index (χ2v) is 18.8. The van der Waals surface area contributed by atoms with Gasteiger partial charge in [0.05, 0.1) is 0 Å². The Hall–Kier alpha value is -3.41. The van der Waals surface area contributed by atoms with Crippen LogP contribution in [0.5, 0.6) is 0 Å². The predicted octanol–water partition coefficient (Wildman–Crippen LogP) is 19.2. The zero-order chi connectivity index (χ0) is 49.3. The van der Waals surface area contributed by atoms with Gasteiger partial charge in [0.25, 0.3) is 0 Å². The molecule has 0 aliphatic heterocycles. The van der Waals surface area contributed by atoms with Gasteiger partial charge < -0.3 is 14.2 Å². The topological polar surface area (TPSA) is 78.9 Å². The van der Waals surface area contributed by atoms with E-state index in [-0.39, 0.29) is 31.1 Å². The smallest absolute Gasteiger partial charge is 0.306 e. The summed E-state index contributed by atoms with van der Waals surface area (Å²) in [5, 5.41) is 0. The molecule has 6 heteroatoms. The lowest BCUT2D eigenvalue weighted by Crippen LogP contribution is -2.30. The van der Waals surface area contributed by atoms with Crippen molar-refractivity contribution in [2.75, 3.05) is 13.2 Å². The number of carbonyl (C=O) groups excluding carboxylic acids is 3. The molecule has 0 fully saturated rings. The molecule has 0 spiro atoms. The van der Waals surface area contributed by atoms with Crippen LogP contribution >= 0.6 is 0 Å². The maximum absolute atomic E-state index is 12.8. The van der Waals surface area contributed by atoms with E-state index < -0.39 is 6.10 Å². The third kappa shape index (κ3) is 53.5. The van der Waals surface area contributed by atoms with E-state index in [0.717, 1.165) is 122 Å². The molecule has 0 saturated carbocycles. The molecule has 0 rings (SSSR count). The van der Waals surface area contributed by atoms with E-state index in [9.17, 15) is 14.4 Å². The van der Waals surface area contributed by atoms with Gasteiger partial charge in [-0.3, -0.25) is 14.4 Å². The van der Waals surface area contributed by atoms with E-state index in [2.05, 4.69) is 106 Å². The summed E-state index contributed by atoms with van der Waals surface area (Å²) >= 11 is 0. The van der Waals surface area contributed by atoms with Crippen molar-refractivity contribution < 1.29 is 28.6 Å². The third-order valence-electron chi connectivity index (χ3n) is 12.2. The maximum atomic E-state index is 12.8. The zero-order valence-corrected chi connectivity index (χ0v) is 44.6. The van der Waals surface area contributed by atoms with E-state index in [4.69, 9.17) is 14.2 Å². The Kier molecular flexibility index (Phi) is 53.4. The van der Waals surface area contributed by atoms with E-state index in [1.165, 1.54) is 109 Å². The summed E-state index contributed by atoms with van der Waals surface area (Å²) in [5.41, 5.74) is 0. The highest BCUT2D eigenvalue weighted by atomic mass is 16.6. The molecule has 0 aromatic carbocycles. The number of rotatable bonds is 51. The van der Waals surface area contributed by atoms with E-state index in [1.807, 2.05) is 0 Å². The Morgan fingerprint density at radius 3 is 0.897 bits per heavy atom. The van der Waals surface area contributed by atoms with E-state index in [1.54, 1.807) is 0 Å². The van der Waals surface area contributed by atoms with Crippen molar-refractivity contribution in [3.05, 3.63) is 85.1 Å². The Morgan fingerprint density at radius 1 is 0.309 bits per heavy atom. The van der Waals surface area contributed by atoms with Gasteiger partial charge in [0.15, 0.2) is 6.10 Å². The Labute approximate surface area is 420 Å². The molecule has 0 radical (unpaired) electrons. The quantitative estimate of drug-likeness (QED) is 0.0262. The van der Waals surface area contributed by atoms with Gasteiger partial charge in [0, 0.05) is 19.3 Å². The minimum Gasteiger partial charge on any atom is -0.462 e. The Bertz CT molecular complexity index is 1320. The first-order valence-electron chi connectivity index (χ1n) is 28.6. The summed E-state index contributed by atoms with van der Waals surface area (Å²) in [4.78, 5) is 37.9. The first kappa shape index (κ1) is 64.6. The fourth-order valence-corrected chi connectivity index (χ4v) is 7.89. The highest BCUT2D eigenvalue weighted by molar-refractivity contribution is 5.71. The molecule has 0 aliphatic rings. The average Bonchev–Trinajstić information content (AvgIpc) is 3.34. The van der Waals surface area contributed by atoms with Crippen LogP contribution in [-0.2, 0) is 28.6 Å². The summed E-state index contributed by atoms with van der Waals surface area (Å²) in [7, 11) is 0. The number of esters is 3. The highest BCUT2D eigenvalue weighted by Gasteiger charge is 2.19. The molecule has 0 heterocycles. The van der Waals surface area contributed by atoms with Crippen molar-refractivity contribution in [3.63, 3.8) is 0 Å². The molecule has 0 bridgehead atoms. The fourth-order valence-electron chi connectivity index (χ4n) is 7.89. The van der Waals surface area contributed by atoms with Crippen LogP contribution in [0.2, 0.25) is 0 Å². The summed E-state index contributed by atoms with van der Waals surface area (Å²) in [6, 6.07) is 0. The minimum absolute atomic E-state index is 0.0808. The molecule has 390 valence electrons. The van der Waals surface area contributed by atoms with Crippen molar-refractivity contribution in [2.24, 2.45) is 0 Å². The number of hydrogen-bond donors (Lipinski definition) is 0. The van der Waals surface area contributed by atoms with Crippen molar-refractivity contribution >= 4 is 17.9 Å². The molecule has 0 N–H and O–H groups in total. The summed E-state index contributed by atoms with van der Waals surface area (Å²) < 4.78 is 16.7. The van der Waals surface area contributed by atoms with Crippen LogP contribution in [0.3, 0.4) is 0 Å². The predicted molar refractivity (Wildman–Crippen MR) is 293 cm³/mol. The van der Waals surface area contributed by atoms with Crippen LogP contribution in [-0.4, -0.2) is 37.2 Å². The molecule has 0 aromatic heterocycles. The fraction of sp³-hybridized carbons (Fsp3) is 0.726. The molecular formula is C62H106O6. The normalized spacial score (nSPS) is 12.7. The SMILES string of the molecule is CC/C=C\C/C=C\C/C=C\C/C=C\C/C=C\C/C=C\C/C=C\CCCCCCCC(=O)OCC(COC(=O)CCCCCCCC)OC(=O)CCCCCCCCCCCCCCCCCCC. The first-order chi connectivity index (χ1) is 33.5. The molecule has 68 heavy (non-hydrogen) atoms. The summed E-state index contributed by atoms with van der Waals surface area (Å²) in [6.07, 6.45) is 73.2. The zero-order valence-electron chi connectivity index (χ0n) is 44.6. The Morgan fingerprint density at radius 2 is 0.574 bits per heavy atom. The highest BCUT2D eigenvalue weighted by Crippen LogP contribution is 2.16. The van der Waals surface area contributed by atoms with Crippen LogP contribution in [0.4, 0.5) is 0 Å². The van der Waals surface area contributed by atoms with Gasteiger partial charge in [-0.25, -0.2) is 0 Å². The third-order valence-corrected chi connectivity index (χ3v) is 12.2. The van der Waals surface area contributed by atoms with Crippen LogP contribution in [0.25, 0.3) is 0 Å². The molecule has 0 aliphatic carbocycles. The van der Waals surface area contributed by atoms with Crippen LogP contribution in [0.1, 0.15) is 271 Å². The van der Waals surface area contributed by atoms with Gasteiger partial charge in [0.1, 0.15) is 13.2 Å². The monoisotopic (exact) mass is 947 g/mol. The van der Waals surface area contributed by atoms with Gasteiger partial charge in [-0.05, 0) is 77.0 Å². The van der Waals surface area contributed by atoms with Gasteiger partial charge >= 0.3 is 17.9 Å². The van der Waals surface area contributed by atoms with Crippen molar-refractivity contribution in [3.8, 4) is 0 Å².